The van der Waals surface area contributed by atoms with Crippen LogP contribution in [-0.4, -0.2) is 34.4 Å². The summed E-state index contributed by atoms with van der Waals surface area (Å²) in [5, 5.41) is 12.3. The summed E-state index contributed by atoms with van der Waals surface area (Å²) in [6.07, 6.45) is 2.85. The number of carbonyl (C=O) groups is 2. The molecule has 1 aliphatic carbocycles. The van der Waals surface area contributed by atoms with E-state index >= 15 is 0 Å². The minimum Gasteiger partial charge on any atom is -0.462 e. The van der Waals surface area contributed by atoms with E-state index < -0.39 is 0 Å². The highest BCUT2D eigenvalue weighted by Crippen LogP contribution is 2.40. The molecule has 3 rings (SSSR count). The first-order chi connectivity index (χ1) is 12.5. The predicted octanol–water partition coefficient (Wildman–Crippen LogP) is 3.94. The molecule has 0 saturated heterocycles. The maximum atomic E-state index is 12.5. The van der Waals surface area contributed by atoms with Gasteiger partial charge in [0.2, 0.25) is 5.91 Å². The van der Waals surface area contributed by atoms with Crippen molar-refractivity contribution >= 4 is 51.3 Å². The van der Waals surface area contributed by atoms with E-state index in [4.69, 9.17) is 4.74 Å². The van der Waals surface area contributed by atoms with Crippen LogP contribution in [0.15, 0.2) is 4.34 Å². The predicted molar refractivity (Wildman–Crippen MR) is 105 cm³/mol. The molecule has 1 amide bonds. The Morgan fingerprint density at radius 2 is 2.15 bits per heavy atom. The Morgan fingerprint density at radius 1 is 1.35 bits per heavy atom. The first-order valence-electron chi connectivity index (χ1n) is 8.52. The van der Waals surface area contributed by atoms with Crippen molar-refractivity contribution in [1.82, 2.24) is 10.2 Å². The van der Waals surface area contributed by atoms with Crippen LogP contribution in [0.4, 0.5) is 5.00 Å². The van der Waals surface area contributed by atoms with Crippen molar-refractivity contribution in [3.63, 3.8) is 0 Å². The lowest BCUT2D eigenvalue weighted by Gasteiger charge is -2.18. The Balaban J connectivity index is 1.75. The molecule has 0 spiro atoms. The number of anilines is 1. The highest BCUT2D eigenvalue weighted by Gasteiger charge is 2.29. The van der Waals surface area contributed by atoms with Gasteiger partial charge in [-0.15, -0.1) is 21.5 Å². The number of rotatable bonds is 6. The first-order valence-corrected chi connectivity index (χ1v) is 11.1. The third-order valence-electron chi connectivity index (χ3n) is 4.08. The Morgan fingerprint density at radius 3 is 2.85 bits per heavy atom. The molecule has 1 aliphatic rings. The minimum atomic E-state index is -0.345. The molecule has 2 aromatic heterocycles. The number of nitrogens with one attached hydrogen (secondary N) is 1. The number of aromatic nitrogens is 2. The Labute approximate surface area is 164 Å². The van der Waals surface area contributed by atoms with Gasteiger partial charge in [-0.1, -0.05) is 30.0 Å². The van der Waals surface area contributed by atoms with Crippen LogP contribution in [0.5, 0.6) is 0 Å². The maximum Gasteiger partial charge on any atom is 0.341 e. The van der Waals surface area contributed by atoms with Gasteiger partial charge in [-0.2, -0.15) is 0 Å². The van der Waals surface area contributed by atoms with Crippen LogP contribution < -0.4 is 5.32 Å². The van der Waals surface area contributed by atoms with Gasteiger partial charge >= 0.3 is 5.97 Å². The summed E-state index contributed by atoms with van der Waals surface area (Å²) in [6, 6.07) is 0. The lowest BCUT2D eigenvalue weighted by atomic mass is 9.88. The summed E-state index contributed by atoms with van der Waals surface area (Å²) in [5.74, 6) is 0.328. The van der Waals surface area contributed by atoms with Crippen molar-refractivity contribution < 1.29 is 14.3 Å². The molecule has 6 nitrogen and oxygen atoms in total. The summed E-state index contributed by atoms with van der Waals surface area (Å²) in [6.45, 7) is 6.20. The average molecular weight is 412 g/mol. The van der Waals surface area contributed by atoms with Crippen LogP contribution in [0.1, 0.15) is 46.1 Å². The van der Waals surface area contributed by atoms with Crippen molar-refractivity contribution in [1.29, 1.82) is 0 Å². The first kappa shape index (κ1) is 19.3. The van der Waals surface area contributed by atoms with Crippen molar-refractivity contribution in [2.45, 2.75) is 44.4 Å². The number of carbonyl (C=O) groups excluding carboxylic acids is 2. The maximum absolute atomic E-state index is 12.5. The molecule has 2 aromatic rings. The summed E-state index contributed by atoms with van der Waals surface area (Å²) >= 11 is 4.32. The fourth-order valence-corrected chi connectivity index (χ4v) is 5.92. The number of amides is 1. The number of hydrogen-bond donors (Lipinski definition) is 1. The second kappa shape index (κ2) is 8.49. The average Bonchev–Trinajstić information content (AvgIpc) is 3.15. The number of esters is 1. The van der Waals surface area contributed by atoms with Crippen LogP contribution >= 0.6 is 34.4 Å². The summed E-state index contributed by atoms with van der Waals surface area (Å²) in [7, 11) is 0. The molecule has 0 saturated carbocycles. The lowest BCUT2D eigenvalue weighted by Crippen LogP contribution is -2.17. The van der Waals surface area contributed by atoms with Crippen LogP contribution in [-0.2, 0) is 22.4 Å². The molecular formula is C17H21N3O3S3. The normalized spacial score (nSPS) is 16.2. The van der Waals surface area contributed by atoms with E-state index in [9.17, 15) is 9.59 Å². The Bertz CT molecular complexity index is 816. The van der Waals surface area contributed by atoms with Gasteiger partial charge in [0.05, 0.1) is 17.9 Å². The fourth-order valence-electron chi connectivity index (χ4n) is 2.88. The Kier molecular flexibility index (Phi) is 6.31. The van der Waals surface area contributed by atoms with Gasteiger partial charge in [0.1, 0.15) is 10.0 Å². The molecule has 9 heteroatoms. The molecule has 0 bridgehead atoms. The van der Waals surface area contributed by atoms with Crippen LogP contribution in [0.3, 0.4) is 0 Å². The SMILES string of the molecule is CCOC(=O)c1c(NC(=O)CSc2nnc(C)s2)sc2c1CC[C@H](C)C2. The molecule has 0 aliphatic heterocycles. The third kappa shape index (κ3) is 4.44. The molecule has 0 unspecified atom stereocenters. The zero-order chi connectivity index (χ0) is 18.7. The van der Waals surface area contributed by atoms with Crippen molar-refractivity contribution in [2.24, 2.45) is 5.92 Å². The van der Waals surface area contributed by atoms with E-state index in [1.807, 2.05) is 6.92 Å². The van der Waals surface area contributed by atoms with Crippen molar-refractivity contribution in [3.05, 3.63) is 21.0 Å². The standard InChI is InChI=1S/C17H21N3O3S3/c1-4-23-16(22)14-11-6-5-9(2)7-12(11)26-15(14)18-13(21)8-24-17-20-19-10(3)25-17/h9H,4-8H2,1-3H3,(H,18,21)/t9-/m0/s1. The smallest absolute Gasteiger partial charge is 0.341 e. The molecular weight excluding hydrogens is 390 g/mol. The largest absolute Gasteiger partial charge is 0.462 e. The highest BCUT2D eigenvalue weighted by atomic mass is 32.2. The minimum absolute atomic E-state index is 0.153. The van der Waals surface area contributed by atoms with E-state index in [0.29, 0.717) is 23.1 Å². The molecule has 1 atom stereocenters. The second-order valence-electron chi connectivity index (χ2n) is 6.20. The van der Waals surface area contributed by atoms with Crippen LogP contribution in [0.2, 0.25) is 0 Å². The zero-order valence-electron chi connectivity index (χ0n) is 15.0. The molecule has 0 aromatic carbocycles. The number of thioether (sulfide) groups is 1. The number of nitrogens with zero attached hydrogens (tertiary/aromatic N) is 2. The second-order valence-corrected chi connectivity index (χ2v) is 9.71. The zero-order valence-corrected chi connectivity index (χ0v) is 17.4. The van der Waals surface area contributed by atoms with E-state index in [1.165, 1.54) is 39.3 Å². The third-order valence-corrected chi connectivity index (χ3v) is 7.22. The van der Waals surface area contributed by atoms with Gasteiger partial charge in [0.15, 0.2) is 4.34 Å². The fraction of sp³-hybridized carbons (Fsp3) is 0.529. The van der Waals surface area contributed by atoms with Gasteiger partial charge in [-0.05, 0) is 44.6 Å². The lowest BCUT2D eigenvalue weighted by molar-refractivity contribution is -0.113. The molecule has 0 fully saturated rings. The topological polar surface area (TPSA) is 81.2 Å². The molecule has 1 N–H and O–H groups in total. The summed E-state index contributed by atoms with van der Waals surface area (Å²) < 4.78 is 5.99. The van der Waals surface area contributed by atoms with Crippen molar-refractivity contribution in [2.75, 3.05) is 17.7 Å². The number of thiophene rings is 1. The molecule has 2 heterocycles. The molecule has 0 radical (unpaired) electrons. The monoisotopic (exact) mass is 411 g/mol. The Hall–Kier alpha value is -1.45. The summed E-state index contributed by atoms with van der Waals surface area (Å²) in [4.78, 5) is 26.0. The quantitative estimate of drug-likeness (QED) is 0.573. The van der Waals surface area contributed by atoms with Gasteiger partial charge in [-0.3, -0.25) is 4.79 Å². The summed E-state index contributed by atoms with van der Waals surface area (Å²) in [5.41, 5.74) is 1.60. The van der Waals surface area contributed by atoms with Crippen LogP contribution in [0.25, 0.3) is 0 Å². The van der Waals surface area contributed by atoms with Gasteiger partial charge in [-0.25, -0.2) is 4.79 Å². The molecule has 26 heavy (non-hydrogen) atoms. The van der Waals surface area contributed by atoms with Crippen molar-refractivity contribution in [3.8, 4) is 0 Å². The highest BCUT2D eigenvalue weighted by molar-refractivity contribution is 8.01. The van der Waals surface area contributed by atoms with E-state index in [0.717, 1.165) is 34.2 Å². The molecule has 140 valence electrons. The van der Waals surface area contributed by atoms with Gasteiger partial charge < -0.3 is 10.1 Å². The van der Waals surface area contributed by atoms with E-state index in [1.54, 1.807) is 6.92 Å². The van der Waals surface area contributed by atoms with E-state index in [2.05, 4.69) is 22.4 Å². The number of hydrogen-bond acceptors (Lipinski definition) is 8. The number of aryl methyl sites for hydroxylation is 1. The van der Waals surface area contributed by atoms with E-state index in [-0.39, 0.29) is 17.6 Å². The van der Waals surface area contributed by atoms with Gasteiger partial charge in [0, 0.05) is 4.88 Å². The van der Waals surface area contributed by atoms with Crippen LogP contribution in [0, 0.1) is 12.8 Å². The number of ether oxygens (including phenoxy) is 1. The van der Waals surface area contributed by atoms with Gasteiger partial charge in [0.25, 0.3) is 0 Å². The number of fused-ring (bicyclic) bond motifs is 1.